The van der Waals surface area contributed by atoms with Gasteiger partial charge in [-0.2, -0.15) is 0 Å². The van der Waals surface area contributed by atoms with Gasteiger partial charge in [-0.1, -0.05) is 42.5 Å². The van der Waals surface area contributed by atoms with E-state index in [0.29, 0.717) is 12.2 Å². The number of benzene rings is 2. The highest BCUT2D eigenvalue weighted by atomic mass is 32.2. The van der Waals surface area contributed by atoms with E-state index < -0.39 is 6.10 Å². The summed E-state index contributed by atoms with van der Waals surface area (Å²) in [5, 5.41) is 19.2. The van der Waals surface area contributed by atoms with Crippen molar-refractivity contribution >= 4 is 11.8 Å². The first kappa shape index (κ1) is 16.0. The van der Waals surface area contributed by atoms with Gasteiger partial charge in [-0.25, -0.2) is 0 Å². The topological polar surface area (TPSA) is 66.5 Å². The maximum Gasteiger partial charge on any atom is 0.0788 e. The highest BCUT2D eigenvalue weighted by Crippen LogP contribution is 2.20. The van der Waals surface area contributed by atoms with Gasteiger partial charge in [0.15, 0.2) is 0 Å². The molecule has 0 amide bonds. The lowest BCUT2D eigenvalue weighted by molar-refractivity contribution is 0.167. The third-order valence-corrected chi connectivity index (χ3v) is 4.45. The average Bonchev–Trinajstić information content (AvgIpc) is 2.54. The maximum absolute atomic E-state index is 10.2. The summed E-state index contributed by atoms with van der Waals surface area (Å²) in [6.45, 7) is 0.0511. The van der Waals surface area contributed by atoms with Crippen molar-refractivity contribution in [3.05, 3.63) is 65.7 Å². The van der Waals surface area contributed by atoms with Crippen LogP contribution in [0.2, 0.25) is 0 Å². The molecule has 4 heteroatoms. The molecule has 0 bridgehead atoms. The summed E-state index contributed by atoms with van der Waals surface area (Å²) in [4.78, 5) is 1.07. The van der Waals surface area contributed by atoms with Crippen LogP contribution in [0.1, 0.15) is 11.1 Å². The van der Waals surface area contributed by atoms with E-state index in [4.69, 9.17) is 10.8 Å². The Hall–Kier alpha value is -1.33. The predicted octanol–water partition coefficient (Wildman–Crippen LogP) is 2.20. The molecule has 3 nitrogen and oxygen atoms in total. The minimum atomic E-state index is -0.548. The van der Waals surface area contributed by atoms with E-state index >= 15 is 0 Å². The zero-order valence-electron chi connectivity index (χ0n) is 11.9. The fraction of sp³-hybridized carbons (Fsp3) is 0.294. The smallest absolute Gasteiger partial charge is 0.0788 e. The molecule has 2 rings (SSSR count). The van der Waals surface area contributed by atoms with Crippen LogP contribution in [0.3, 0.4) is 0 Å². The molecule has 4 N–H and O–H groups in total. The zero-order chi connectivity index (χ0) is 15.1. The van der Waals surface area contributed by atoms with Crippen molar-refractivity contribution in [1.29, 1.82) is 0 Å². The van der Waals surface area contributed by atoms with Crippen LogP contribution in [0, 0.1) is 0 Å². The van der Waals surface area contributed by atoms with Gasteiger partial charge in [0.2, 0.25) is 0 Å². The molecular weight excluding hydrogens is 282 g/mol. The van der Waals surface area contributed by atoms with Crippen LogP contribution in [0.15, 0.2) is 59.5 Å². The van der Waals surface area contributed by atoms with Gasteiger partial charge in [0.1, 0.15) is 0 Å². The van der Waals surface area contributed by atoms with Gasteiger partial charge in [0.25, 0.3) is 0 Å². The Morgan fingerprint density at radius 3 is 2.24 bits per heavy atom. The van der Waals surface area contributed by atoms with Crippen molar-refractivity contribution in [3.63, 3.8) is 0 Å². The van der Waals surface area contributed by atoms with Crippen molar-refractivity contribution in [2.75, 3.05) is 5.75 Å². The molecule has 0 spiro atoms. The monoisotopic (exact) mass is 303 g/mol. The molecule has 0 aliphatic carbocycles. The molecule has 0 aliphatic heterocycles. The standard InChI is InChI=1S/C17H21NO2S/c18-16(10-13-4-2-1-3-5-13)17(20)12-21-15-8-6-14(11-19)7-9-15/h1-9,16-17,19-20H,10-12,18H2. The minimum absolute atomic E-state index is 0.0511. The Kier molecular flexibility index (Phi) is 6.26. The number of hydrogen-bond donors (Lipinski definition) is 3. The van der Waals surface area contributed by atoms with E-state index in [1.807, 2.05) is 54.6 Å². The Morgan fingerprint density at radius 2 is 1.62 bits per heavy atom. The summed E-state index contributed by atoms with van der Waals surface area (Å²) in [7, 11) is 0. The highest BCUT2D eigenvalue weighted by molar-refractivity contribution is 7.99. The van der Waals surface area contributed by atoms with Crippen LogP contribution in [-0.2, 0) is 13.0 Å². The summed E-state index contributed by atoms with van der Waals surface area (Å²) < 4.78 is 0. The van der Waals surface area contributed by atoms with E-state index in [9.17, 15) is 5.11 Å². The van der Waals surface area contributed by atoms with Crippen LogP contribution in [-0.4, -0.2) is 28.1 Å². The van der Waals surface area contributed by atoms with Gasteiger partial charge in [-0.05, 0) is 29.7 Å². The summed E-state index contributed by atoms with van der Waals surface area (Å²) in [5.41, 5.74) is 8.09. The molecule has 112 valence electrons. The van der Waals surface area contributed by atoms with Gasteiger partial charge in [-0.3, -0.25) is 0 Å². The lowest BCUT2D eigenvalue weighted by Crippen LogP contribution is -2.38. The third kappa shape index (κ3) is 5.17. The normalized spacial score (nSPS) is 13.9. The molecule has 0 heterocycles. The molecule has 0 radical (unpaired) electrons. The Balaban J connectivity index is 1.81. The van der Waals surface area contributed by atoms with Crippen LogP contribution in [0.5, 0.6) is 0 Å². The molecule has 0 saturated heterocycles. The fourth-order valence-corrected chi connectivity index (χ4v) is 2.96. The average molecular weight is 303 g/mol. The largest absolute Gasteiger partial charge is 0.392 e. The summed E-state index contributed by atoms with van der Waals surface area (Å²) >= 11 is 1.57. The molecule has 0 aromatic heterocycles. The van der Waals surface area contributed by atoms with Crippen LogP contribution < -0.4 is 5.73 Å². The maximum atomic E-state index is 10.2. The molecule has 2 atom stereocenters. The van der Waals surface area contributed by atoms with Gasteiger partial charge in [-0.15, -0.1) is 11.8 Å². The van der Waals surface area contributed by atoms with Crippen LogP contribution >= 0.6 is 11.8 Å². The number of thioether (sulfide) groups is 1. The Morgan fingerprint density at radius 1 is 0.952 bits per heavy atom. The van der Waals surface area contributed by atoms with Crippen molar-refractivity contribution < 1.29 is 10.2 Å². The molecule has 0 aliphatic rings. The van der Waals surface area contributed by atoms with E-state index in [1.54, 1.807) is 11.8 Å². The SMILES string of the molecule is NC(Cc1ccccc1)C(O)CSc1ccc(CO)cc1. The Labute approximate surface area is 129 Å². The predicted molar refractivity (Wildman–Crippen MR) is 87.2 cm³/mol. The van der Waals surface area contributed by atoms with Crippen LogP contribution in [0.25, 0.3) is 0 Å². The molecule has 21 heavy (non-hydrogen) atoms. The first-order chi connectivity index (χ1) is 10.2. The number of rotatable bonds is 7. The second-order valence-corrected chi connectivity index (χ2v) is 6.13. The van der Waals surface area contributed by atoms with E-state index in [1.165, 1.54) is 0 Å². The molecular formula is C17H21NO2S. The van der Waals surface area contributed by atoms with E-state index in [-0.39, 0.29) is 12.6 Å². The molecule has 0 saturated carbocycles. The first-order valence-electron chi connectivity index (χ1n) is 6.99. The van der Waals surface area contributed by atoms with Crippen molar-refractivity contribution in [2.45, 2.75) is 30.1 Å². The Bertz CT molecular complexity index is 530. The first-order valence-corrected chi connectivity index (χ1v) is 7.98. The molecule has 2 unspecified atom stereocenters. The van der Waals surface area contributed by atoms with Crippen molar-refractivity contribution in [2.24, 2.45) is 5.73 Å². The number of aliphatic hydroxyl groups excluding tert-OH is 2. The number of hydrogen-bond acceptors (Lipinski definition) is 4. The van der Waals surface area contributed by atoms with Gasteiger partial charge in [0, 0.05) is 16.7 Å². The number of nitrogens with two attached hydrogens (primary N) is 1. The van der Waals surface area contributed by atoms with E-state index in [2.05, 4.69) is 0 Å². The molecule has 2 aromatic rings. The van der Waals surface area contributed by atoms with E-state index in [0.717, 1.165) is 16.0 Å². The summed E-state index contributed by atoms with van der Waals surface area (Å²) in [5.74, 6) is 0.562. The number of aliphatic hydroxyl groups is 2. The van der Waals surface area contributed by atoms with Gasteiger partial charge < -0.3 is 15.9 Å². The molecule has 0 fully saturated rings. The zero-order valence-corrected chi connectivity index (χ0v) is 12.7. The highest BCUT2D eigenvalue weighted by Gasteiger charge is 2.15. The lowest BCUT2D eigenvalue weighted by atomic mass is 10.0. The summed E-state index contributed by atoms with van der Waals surface area (Å²) in [6.07, 6.45) is 0.124. The van der Waals surface area contributed by atoms with Gasteiger partial charge >= 0.3 is 0 Å². The van der Waals surface area contributed by atoms with Crippen LogP contribution in [0.4, 0.5) is 0 Å². The van der Waals surface area contributed by atoms with Crippen molar-refractivity contribution in [1.82, 2.24) is 0 Å². The second kappa shape index (κ2) is 8.20. The summed E-state index contributed by atoms with van der Waals surface area (Å²) in [6, 6.07) is 17.4. The fourth-order valence-electron chi connectivity index (χ4n) is 2.02. The third-order valence-electron chi connectivity index (χ3n) is 3.34. The lowest BCUT2D eigenvalue weighted by Gasteiger charge is -2.18. The quantitative estimate of drug-likeness (QED) is 0.686. The van der Waals surface area contributed by atoms with Crippen molar-refractivity contribution in [3.8, 4) is 0 Å². The second-order valence-electron chi connectivity index (χ2n) is 5.03. The molecule has 2 aromatic carbocycles. The minimum Gasteiger partial charge on any atom is -0.392 e. The van der Waals surface area contributed by atoms with Gasteiger partial charge in [0.05, 0.1) is 12.7 Å².